The lowest BCUT2D eigenvalue weighted by atomic mass is 9.97. The summed E-state index contributed by atoms with van der Waals surface area (Å²) in [6, 6.07) is 8.08. The first-order valence-corrected chi connectivity index (χ1v) is 12.2. The molecule has 180 valence electrons. The van der Waals surface area contributed by atoms with E-state index in [1.165, 1.54) is 16.9 Å². The van der Waals surface area contributed by atoms with E-state index in [9.17, 15) is 9.59 Å². The molecule has 0 bridgehead atoms. The summed E-state index contributed by atoms with van der Waals surface area (Å²) in [5, 5.41) is 12.5. The molecule has 0 aliphatic carbocycles. The van der Waals surface area contributed by atoms with E-state index in [1.54, 1.807) is 11.9 Å². The molecule has 3 rings (SSSR count). The van der Waals surface area contributed by atoms with Gasteiger partial charge in [0.25, 0.3) is 5.91 Å². The van der Waals surface area contributed by atoms with Crippen molar-refractivity contribution < 1.29 is 14.3 Å². The molecule has 2 heterocycles. The third kappa shape index (κ3) is 8.08. The van der Waals surface area contributed by atoms with Crippen LogP contribution in [-0.2, 0) is 17.8 Å². The van der Waals surface area contributed by atoms with Crippen LogP contribution in [0.25, 0.3) is 0 Å². The van der Waals surface area contributed by atoms with Crippen LogP contribution in [0.3, 0.4) is 0 Å². The minimum absolute atomic E-state index is 0.199. The van der Waals surface area contributed by atoms with Crippen LogP contribution in [0.4, 0.5) is 4.79 Å². The predicted molar refractivity (Wildman–Crippen MR) is 129 cm³/mol. The number of hydrogen-bond donors (Lipinski definition) is 1. The average molecular weight is 474 g/mol. The van der Waals surface area contributed by atoms with Gasteiger partial charge < -0.3 is 15.0 Å². The number of nitrogens with one attached hydrogen (secondary N) is 1. The van der Waals surface area contributed by atoms with Gasteiger partial charge in [0.1, 0.15) is 10.6 Å². The molecule has 2 amide bonds. The highest BCUT2D eigenvalue weighted by Crippen LogP contribution is 2.21. The maximum atomic E-state index is 12.5. The van der Waals surface area contributed by atoms with Gasteiger partial charge in [-0.25, -0.2) is 4.79 Å². The van der Waals surface area contributed by atoms with Gasteiger partial charge >= 0.3 is 6.09 Å². The van der Waals surface area contributed by atoms with Crippen molar-refractivity contribution in [3.63, 3.8) is 0 Å². The molecule has 1 atom stereocenters. The van der Waals surface area contributed by atoms with Gasteiger partial charge in [0.2, 0.25) is 5.01 Å². The number of carbonyl (C=O) groups is 2. The molecule has 1 aromatic carbocycles. The fraction of sp³-hybridized carbons (Fsp3) is 0.583. The number of piperidine rings is 1. The molecule has 1 aliphatic rings. The highest BCUT2D eigenvalue weighted by molar-refractivity contribution is 7.13. The molecule has 1 unspecified atom stereocenters. The van der Waals surface area contributed by atoms with Gasteiger partial charge in [-0.1, -0.05) is 41.2 Å². The minimum atomic E-state index is -0.494. The van der Waals surface area contributed by atoms with E-state index >= 15 is 0 Å². The van der Waals surface area contributed by atoms with E-state index in [2.05, 4.69) is 20.4 Å². The van der Waals surface area contributed by atoms with Crippen molar-refractivity contribution in [1.82, 2.24) is 25.3 Å². The summed E-state index contributed by atoms with van der Waals surface area (Å²) in [4.78, 5) is 28.7. The van der Waals surface area contributed by atoms with Gasteiger partial charge in [0, 0.05) is 26.7 Å². The van der Waals surface area contributed by atoms with Crippen molar-refractivity contribution in [2.24, 2.45) is 5.92 Å². The second-order valence-electron chi connectivity index (χ2n) is 9.77. The lowest BCUT2D eigenvalue weighted by molar-refractivity contribution is 0.0241. The smallest absolute Gasteiger partial charge is 0.410 e. The van der Waals surface area contributed by atoms with Crippen LogP contribution in [0.1, 0.15) is 59.5 Å². The molecule has 8 nitrogen and oxygen atoms in total. The van der Waals surface area contributed by atoms with Crippen LogP contribution >= 0.6 is 11.3 Å². The Kier molecular flexibility index (Phi) is 8.42. The Labute approximate surface area is 200 Å². The Bertz CT molecular complexity index is 938. The first kappa shape index (κ1) is 25.1. The SMILES string of the molecule is Cc1ccc(CNC(=O)c2nnc(CN3CCCC(CN(C)C(=O)OC(C)(C)C)C3)s2)cc1. The predicted octanol–water partition coefficient (Wildman–Crippen LogP) is 3.86. The fourth-order valence-corrected chi connectivity index (χ4v) is 4.61. The second kappa shape index (κ2) is 11.1. The second-order valence-corrected chi connectivity index (χ2v) is 10.8. The van der Waals surface area contributed by atoms with Gasteiger partial charge in [-0.15, -0.1) is 10.2 Å². The summed E-state index contributed by atoms with van der Waals surface area (Å²) in [6.07, 6.45) is 1.85. The Hall–Kier alpha value is -2.52. The van der Waals surface area contributed by atoms with E-state index in [4.69, 9.17) is 4.74 Å². The molecule has 1 fully saturated rings. The first-order valence-electron chi connectivity index (χ1n) is 11.4. The Morgan fingerprint density at radius 2 is 1.97 bits per heavy atom. The van der Waals surface area contributed by atoms with Crippen molar-refractivity contribution in [3.05, 3.63) is 45.4 Å². The van der Waals surface area contributed by atoms with E-state index in [0.717, 1.165) is 36.5 Å². The van der Waals surface area contributed by atoms with Crippen molar-refractivity contribution in [2.75, 3.05) is 26.7 Å². The Balaban J connectivity index is 1.47. The fourth-order valence-electron chi connectivity index (χ4n) is 3.81. The van der Waals surface area contributed by atoms with Crippen LogP contribution < -0.4 is 5.32 Å². The quantitative estimate of drug-likeness (QED) is 0.657. The standard InChI is InChI=1S/C24H35N5O3S/c1-17-8-10-18(11-9-17)13-25-21(30)22-27-26-20(33-22)16-29-12-6-7-19(15-29)14-28(5)23(31)32-24(2,3)4/h8-11,19H,6-7,12-16H2,1-5H3,(H,25,30). The summed E-state index contributed by atoms with van der Waals surface area (Å²) in [6.45, 7) is 11.3. The minimum Gasteiger partial charge on any atom is -0.444 e. The van der Waals surface area contributed by atoms with Crippen molar-refractivity contribution in [2.45, 2.75) is 59.2 Å². The number of ether oxygens (including phenoxy) is 1. The molecule has 0 saturated carbocycles. The molecule has 1 N–H and O–H groups in total. The van der Waals surface area contributed by atoms with E-state index < -0.39 is 5.60 Å². The molecular formula is C24H35N5O3S. The van der Waals surface area contributed by atoms with Crippen LogP contribution in [0, 0.1) is 12.8 Å². The number of carbonyl (C=O) groups excluding carboxylic acids is 2. The summed E-state index contributed by atoms with van der Waals surface area (Å²) >= 11 is 1.34. The van der Waals surface area contributed by atoms with Gasteiger partial charge in [-0.2, -0.15) is 0 Å². The van der Waals surface area contributed by atoms with Crippen LogP contribution in [0.5, 0.6) is 0 Å². The monoisotopic (exact) mass is 473 g/mol. The van der Waals surface area contributed by atoms with E-state index in [1.807, 2.05) is 52.0 Å². The maximum absolute atomic E-state index is 12.5. The number of nitrogens with zero attached hydrogens (tertiary/aromatic N) is 4. The normalized spacial score (nSPS) is 16.9. The number of rotatable bonds is 7. The molecule has 1 aromatic heterocycles. The Morgan fingerprint density at radius 1 is 1.24 bits per heavy atom. The van der Waals surface area contributed by atoms with E-state index in [-0.39, 0.29) is 12.0 Å². The summed E-state index contributed by atoms with van der Waals surface area (Å²) in [5.74, 6) is 0.177. The average Bonchev–Trinajstić information content (AvgIpc) is 3.20. The van der Waals surface area contributed by atoms with Crippen molar-refractivity contribution >= 4 is 23.3 Å². The molecule has 0 spiro atoms. The molecule has 2 aromatic rings. The van der Waals surface area contributed by atoms with Gasteiger partial charge in [0.15, 0.2) is 0 Å². The molecule has 9 heteroatoms. The topological polar surface area (TPSA) is 87.7 Å². The molecule has 33 heavy (non-hydrogen) atoms. The third-order valence-corrected chi connectivity index (χ3v) is 6.34. The number of hydrogen-bond acceptors (Lipinski definition) is 7. The number of amides is 2. The number of benzene rings is 1. The summed E-state index contributed by atoms with van der Waals surface area (Å²) in [5.41, 5.74) is 1.75. The number of likely N-dealkylation sites (tertiary alicyclic amines) is 1. The van der Waals surface area contributed by atoms with E-state index in [0.29, 0.717) is 30.6 Å². The largest absolute Gasteiger partial charge is 0.444 e. The maximum Gasteiger partial charge on any atom is 0.410 e. The number of aromatic nitrogens is 2. The lowest BCUT2D eigenvalue weighted by Crippen LogP contribution is -2.42. The zero-order valence-corrected chi connectivity index (χ0v) is 21.1. The first-order chi connectivity index (χ1) is 15.6. The summed E-state index contributed by atoms with van der Waals surface area (Å²) < 4.78 is 5.46. The van der Waals surface area contributed by atoms with Gasteiger partial charge in [0.05, 0.1) is 6.54 Å². The van der Waals surface area contributed by atoms with Crippen LogP contribution in [0.2, 0.25) is 0 Å². The molecule has 1 saturated heterocycles. The summed E-state index contributed by atoms with van der Waals surface area (Å²) in [7, 11) is 1.79. The van der Waals surface area contributed by atoms with Gasteiger partial charge in [-0.05, 0) is 58.6 Å². The third-order valence-electron chi connectivity index (χ3n) is 5.43. The lowest BCUT2D eigenvalue weighted by Gasteiger charge is -2.34. The molecule has 1 aliphatic heterocycles. The van der Waals surface area contributed by atoms with Gasteiger partial charge in [-0.3, -0.25) is 9.69 Å². The molecular weight excluding hydrogens is 438 g/mol. The zero-order valence-electron chi connectivity index (χ0n) is 20.3. The Morgan fingerprint density at radius 3 is 2.67 bits per heavy atom. The van der Waals surface area contributed by atoms with Crippen molar-refractivity contribution in [1.29, 1.82) is 0 Å². The van der Waals surface area contributed by atoms with Crippen molar-refractivity contribution in [3.8, 4) is 0 Å². The highest BCUT2D eigenvalue weighted by Gasteiger charge is 2.26. The molecule has 0 radical (unpaired) electrons. The number of aryl methyl sites for hydroxylation is 1. The van der Waals surface area contributed by atoms with Crippen LogP contribution in [0.15, 0.2) is 24.3 Å². The zero-order chi connectivity index (χ0) is 24.0. The highest BCUT2D eigenvalue weighted by atomic mass is 32.1. The van der Waals surface area contributed by atoms with Crippen LogP contribution in [-0.4, -0.2) is 64.3 Å².